The van der Waals surface area contributed by atoms with Crippen LogP contribution in [0.2, 0.25) is 0 Å². The van der Waals surface area contributed by atoms with Crippen LogP contribution in [0.3, 0.4) is 0 Å². The fourth-order valence-corrected chi connectivity index (χ4v) is 0.703. The molecule has 1 rings (SSSR count). The fourth-order valence-electron chi connectivity index (χ4n) is 0.565. The average Bonchev–Trinajstić information content (AvgIpc) is 2.10. The van der Waals surface area contributed by atoms with Gasteiger partial charge in [-0.2, -0.15) is 0 Å². The smallest absolute Gasteiger partial charge is 0.372 e. The maximum atomic E-state index is 10.2. The molecule has 5 heteroatoms. The summed E-state index contributed by atoms with van der Waals surface area (Å²) in [4.78, 5) is 10.2. The van der Waals surface area contributed by atoms with Gasteiger partial charge in [0.1, 0.15) is 0 Å². The number of nitrogens with one attached hydrogen (secondary N) is 1. The average molecular weight is 164 g/mol. The predicted molar refractivity (Wildman–Crippen MR) is 34.2 cm³/mol. The Hall–Kier alpha value is -0.900. The van der Waals surface area contributed by atoms with Crippen LogP contribution in [0.1, 0.15) is 6.92 Å². The lowest BCUT2D eigenvalue weighted by Crippen LogP contribution is -2.29. The van der Waals surface area contributed by atoms with Crippen LogP contribution in [0.25, 0.3) is 0 Å². The normalized spacial score (nSPS) is 30.4. The van der Waals surface area contributed by atoms with Crippen molar-refractivity contribution in [1.29, 1.82) is 0 Å². The molecular formula is C5H6ClNO3. The van der Waals surface area contributed by atoms with E-state index >= 15 is 0 Å². The first-order valence-corrected chi connectivity index (χ1v) is 2.98. The monoisotopic (exact) mass is 163 g/mol. The largest absolute Gasteiger partial charge is 0.475 e. The maximum Gasteiger partial charge on any atom is 0.372 e. The van der Waals surface area contributed by atoms with Crippen LogP contribution >= 0.6 is 11.6 Å². The number of carboxylic acids is 1. The van der Waals surface area contributed by atoms with Gasteiger partial charge in [-0.25, -0.2) is 4.79 Å². The Morgan fingerprint density at radius 3 is 2.80 bits per heavy atom. The second kappa shape index (κ2) is 2.05. The van der Waals surface area contributed by atoms with Gasteiger partial charge in [-0.3, -0.25) is 0 Å². The predicted octanol–water partition coefficient (Wildman–Crippen LogP) is 0.445. The Balaban J connectivity index is 2.64. The molecule has 0 aromatic carbocycles. The molecule has 56 valence electrons. The maximum absolute atomic E-state index is 10.2. The Labute approximate surface area is 62.4 Å². The molecule has 0 bridgehead atoms. The first-order chi connectivity index (χ1) is 4.51. The van der Waals surface area contributed by atoms with Crippen molar-refractivity contribution in [2.45, 2.75) is 12.1 Å². The molecule has 0 aromatic rings. The summed E-state index contributed by atoms with van der Waals surface area (Å²) in [6.07, 6.45) is 1.22. The minimum atomic E-state index is -1.13. The summed E-state index contributed by atoms with van der Waals surface area (Å²) in [5.74, 6) is -1.30. The third-order valence-electron chi connectivity index (χ3n) is 0.973. The minimum Gasteiger partial charge on any atom is -0.475 e. The van der Waals surface area contributed by atoms with Gasteiger partial charge < -0.3 is 15.2 Å². The molecule has 0 saturated carbocycles. The van der Waals surface area contributed by atoms with Gasteiger partial charge in [0.2, 0.25) is 5.76 Å². The van der Waals surface area contributed by atoms with E-state index in [9.17, 15) is 4.79 Å². The summed E-state index contributed by atoms with van der Waals surface area (Å²) in [6, 6.07) is 0. The molecule has 0 fully saturated rings. The SMILES string of the molecule is CC1(Cl)NC=C(C(=O)O)O1. The highest BCUT2D eigenvalue weighted by molar-refractivity contribution is 6.22. The van der Waals surface area contributed by atoms with Crippen LogP contribution in [-0.4, -0.2) is 16.3 Å². The molecule has 0 saturated heterocycles. The van der Waals surface area contributed by atoms with Crippen molar-refractivity contribution in [3.8, 4) is 0 Å². The lowest BCUT2D eigenvalue weighted by Gasteiger charge is -2.15. The number of hydrogen-bond acceptors (Lipinski definition) is 3. The number of carboxylic acid groups (broad SMARTS) is 1. The van der Waals surface area contributed by atoms with Crippen LogP contribution < -0.4 is 5.32 Å². The van der Waals surface area contributed by atoms with E-state index in [0.29, 0.717) is 0 Å². The molecule has 1 atom stereocenters. The van der Waals surface area contributed by atoms with Gasteiger partial charge in [0, 0.05) is 6.92 Å². The van der Waals surface area contributed by atoms with Crippen molar-refractivity contribution in [2.75, 3.05) is 0 Å². The Morgan fingerprint density at radius 2 is 2.60 bits per heavy atom. The van der Waals surface area contributed by atoms with Crippen LogP contribution in [0.5, 0.6) is 0 Å². The molecule has 2 N–H and O–H groups in total. The van der Waals surface area contributed by atoms with Crippen LogP contribution in [0.15, 0.2) is 12.0 Å². The summed E-state index contributed by atoms with van der Waals surface area (Å²) in [5.41, 5.74) is 0. The zero-order valence-electron chi connectivity index (χ0n) is 5.22. The standard InChI is InChI=1S/C5H6ClNO3/c1-5(6)7-2-3(10-5)4(8)9/h2,7H,1H3,(H,8,9). The van der Waals surface area contributed by atoms with E-state index in [2.05, 4.69) is 5.32 Å². The van der Waals surface area contributed by atoms with Crippen molar-refractivity contribution < 1.29 is 14.6 Å². The molecule has 1 aliphatic heterocycles. The lowest BCUT2D eigenvalue weighted by molar-refractivity contribution is -0.137. The molecular weight excluding hydrogens is 158 g/mol. The zero-order valence-corrected chi connectivity index (χ0v) is 5.97. The van der Waals surface area contributed by atoms with E-state index in [-0.39, 0.29) is 5.76 Å². The summed E-state index contributed by atoms with van der Waals surface area (Å²) < 4.78 is 4.73. The van der Waals surface area contributed by atoms with Gasteiger partial charge in [0.15, 0.2) is 0 Å². The van der Waals surface area contributed by atoms with Gasteiger partial charge in [-0.15, -0.1) is 0 Å². The second-order valence-electron chi connectivity index (χ2n) is 1.98. The van der Waals surface area contributed by atoms with Gasteiger partial charge in [-0.05, 0) is 0 Å². The Bertz CT molecular complexity index is 199. The Kier molecular flexibility index (Phi) is 1.48. The van der Waals surface area contributed by atoms with Crippen molar-refractivity contribution in [3.63, 3.8) is 0 Å². The molecule has 0 aromatic heterocycles. The third kappa shape index (κ3) is 1.33. The topological polar surface area (TPSA) is 58.6 Å². The summed E-state index contributed by atoms with van der Waals surface area (Å²) >= 11 is 5.56. The van der Waals surface area contributed by atoms with E-state index in [1.54, 1.807) is 0 Å². The third-order valence-corrected chi connectivity index (χ3v) is 1.16. The summed E-state index contributed by atoms with van der Waals surface area (Å²) in [5, 5.41) is 9.78. The summed E-state index contributed by atoms with van der Waals surface area (Å²) in [6.45, 7) is 1.51. The zero-order chi connectivity index (χ0) is 7.78. The summed E-state index contributed by atoms with van der Waals surface area (Å²) in [7, 11) is 0. The molecule has 4 nitrogen and oxygen atoms in total. The van der Waals surface area contributed by atoms with Crippen molar-refractivity contribution >= 4 is 17.6 Å². The lowest BCUT2D eigenvalue weighted by atomic mass is 10.6. The van der Waals surface area contributed by atoms with E-state index in [1.807, 2.05) is 0 Å². The molecule has 1 unspecified atom stereocenters. The first kappa shape index (κ1) is 7.21. The number of hydrogen-bond donors (Lipinski definition) is 2. The molecule has 10 heavy (non-hydrogen) atoms. The van der Waals surface area contributed by atoms with E-state index < -0.39 is 11.2 Å². The van der Waals surface area contributed by atoms with Crippen molar-refractivity contribution in [2.24, 2.45) is 0 Å². The quantitative estimate of drug-likeness (QED) is 0.435. The fraction of sp³-hybridized carbons (Fsp3) is 0.400. The number of ether oxygens (including phenoxy) is 1. The second-order valence-corrected chi connectivity index (χ2v) is 2.70. The minimum absolute atomic E-state index is 0.169. The molecule has 0 radical (unpaired) electrons. The van der Waals surface area contributed by atoms with E-state index in [1.165, 1.54) is 13.1 Å². The van der Waals surface area contributed by atoms with Crippen molar-refractivity contribution in [3.05, 3.63) is 12.0 Å². The number of alkyl halides is 1. The van der Waals surface area contributed by atoms with Crippen LogP contribution in [0, 0.1) is 0 Å². The molecule has 0 spiro atoms. The van der Waals surface area contributed by atoms with Gasteiger partial charge in [0.25, 0.3) is 5.18 Å². The van der Waals surface area contributed by atoms with Crippen LogP contribution in [0.4, 0.5) is 0 Å². The van der Waals surface area contributed by atoms with Crippen LogP contribution in [-0.2, 0) is 9.53 Å². The molecule has 0 aliphatic carbocycles. The highest BCUT2D eigenvalue weighted by atomic mass is 35.5. The van der Waals surface area contributed by atoms with E-state index in [0.717, 1.165) is 0 Å². The molecule has 0 amide bonds. The van der Waals surface area contributed by atoms with Gasteiger partial charge in [0.05, 0.1) is 6.20 Å². The van der Waals surface area contributed by atoms with E-state index in [4.69, 9.17) is 21.4 Å². The number of rotatable bonds is 1. The van der Waals surface area contributed by atoms with Gasteiger partial charge >= 0.3 is 5.97 Å². The Morgan fingerprint density at radius 1 is 2.00 bits per heavy atom. The van der Waals surface area contributed by atoms with Crippen molar-refractivity contribution in [1.82, 2.24) is 5.32 Å². The highest BCUT2D eigenvalue weighted by Crippen LogP contribution is 2.22. The number of carbonyl (C=O) groups is 1. The number of aliphatic carboxylic acids is 1. The highest BCUT2D eigenvalue weighted by Gasteiger charge is 2.30. The first-order valence-electron chi connectivity index (χ1n) is 2.60. The molecule has 1 heterocycles. The van der Waals surface area contributed by atoms with Gasteiger partial charge in [-0.1, -0.05) is 11.6 Å². The molecule has 1 aliphatic rings. The number of halogens is 1.